The summed E-state index contributed by atoms with van der Waals surface area (Å²) in [6, 6.07) is 6.09. The maximum absolute atomic E-state index is 10.8. The van der Waals surface area contributed by atoms with E-state index in [-0.39, 0.29) is 6.42 Å². The minimum Gasteiger partial charge on any atom is -0.481 e. The lowest BCUT2D eigenvalue weighted by Gasteiger charge is -2.06. The fourth-order valence-corrected chi connectivity index (χ4v) is 1.85. The minimum absolute atomic E-state index is 0.0147. The third-order valence-corrected chi connectivity index (χ3v) is 2.72. The van der Waals surface area contributed by atoms with E-state index in [1.165, 1.54) is 0 Å². The van der Waals surface area contributed by atoms with Crippen LogP contribution in [0.25, 0.3) is 11.3 Å². The van der Waals surface area contributed by atoms with Gasteiger partial charge < -0.3 is 5.11 Å². The molecule has 0 aliphatic heterocycles. The standard InChI is InChI=1S/C13H14N2O2/c1-8-3-4-9(2)11(5-8)13-10(6-12(16)17)7-14-15-13/h3-5,7H,6H2,1-2H3,(H,14,15)(H,16,17). The summed E-state index contributed by atoms with van der Waals surface area (Å²) in [7, 11) is 0. The highest BCUT2D eigenvalue weighted by molar-refractivity contribution is 5.75. The maximum Gasteiger partial charge on any atom is 0.307 e. The zero-order valence-corrected chi connectivity index (χ0v) is 9.82. The molecule has 0 unspecified atom stereocenters. The third kappa shape index (κ3) is 2.36. The second-order valence-corrected chi connectivity index (χ2v) is 4.16. The molecule has 2 N–H and O–H groups in total. The Hall–Kier alpha value is -2.10. The van der Waals surface area contributed by atoms with Gasteiger partial charge in [0.05, 0.1) is 18.3 Å². The third-order valence-electron chi connectivity index (χ3n) is 2.72. The van der Waals surface area contributed by atoms with Gasteiger partial charge in [-0.25, -0.2) is 0 Å². The number of aryl methyl sites for hydroxylation is 2. The van der Waals surface area contributed by atoms with E-state index < -0.39 is 5.97 Å². The molecule has 2 aromatic rings. The number of hydrogen-bond acceptors (Lipinski definition) is 2. The zero-order chi connectivity index (χ0) is 12.4. The lowest BCUT2D eigenvalue weighted by Crippen LogP contribution is -2.00. The number of nitrogens with one attached hydrogen (secondary N) is 1. The van der Waals surface area contributed by atoms with Crippen LogP contribution in [0.5, 0.6) is 0 Å². The number of rotatable bonds is 3. The van der Waals surface area contributed by atoms with Gasteiger partial charge in [0.25, 0.3) is 0 Å². The van der Waals surface area contributed by atoms with Crippen LogP contribution in [0.1, 0.15) is 16.7 Å². The highest BCUT2D eigenvalue weighted by atomic mass is 16.4. The first-order chi connectivity index (χ1) is 8.08. The molecule has 1 heterocycles. The lowest BCUT2D eigenvalue weighted by molar-refractivity contribution is -0.136. The van der Waals surface area contributed by atoms with Gasteiger partial charge in [-0.2, -0.15) is 5.10 Å². The van der Waals surface area contributed by atoms with Crippen LogP contribution in [0, 0.1) is 13.8 Å². The normalized spacial score (nSPS) is 10.5. The Morgan fingerprint density at radius 2 is 2.18 bits per heavy atom. The average Bonchev–Trinajstić information content (AvgIpc) is 2.69. The molecule has 0 fully saturated rings. The van der Waals surface area contributed by atoms with E-state index in [0.717, 1.165) is 22.4 Å². The first-order valence-electron chi connectivity index (χ1n) is 5.39. The van der Waals surface area contributed by atoms with Crippen molar-refractivity contribution in [3.05, 3.63) is 41.1 Å². The molecule has 0 aliphatic rings. The van der Waals surface area contributed by atoms with Crippen molar-refractivity contribution in [1.29, 1.82) is 0 Å². The van der Waals surface area contributed by atoms with Crippen molar-refractivity contribution < 1.29 is 9.90 Å². The van der Waals surface area contributed by atoms with Crippen molar-refractivity contribution in [3.63, 3.8) is 0 Å². The predicted molar refractivity (Wildman–Crippen MR) is 64.8 cm³/mol. The number of carboxylic acid groups (broad SMARTS) is 1. The van der Waals surface area contributed by atoms with E-state index in [0.29, 0.717) is 5.56 Å². The van der Waals surface area contributed by atoms with E-state index in [1.54, 1.807) is 6.20 Å². The first-order valence-corrected chi connectivity index (χ1v) is 5.39. The number of H-pyrrole nitrogens is 1. The van der Waals surface area contributed by atoms with Gasteiger partial charge in [-0.05, 0) is 25.5 Å². The number of benzene rings is 1. The van der Waals surface area contributed by atoms with Gasteiger partial charge in [0.15, 0.2) is 0 Å². The molecule has 0 saturated heterocycles. The van der Waals surface area contributed by atoms with E-state index in [2.05, 4.69) is 10.2 Å². The quantitative estimate of drug-likeness (QED) is 0.850. The molecule has 4 nitrogen and oxygen atoms in total. The summed E-state index contributed by atoms with van der Waals surface area (Å²) in [5, 5.41) is 15.7. The lowest BCUT2D eigenvalue weighted by atomic mass is 9.99. The van der Waals surface area contributed by atoms with Crippen molar-refractivity contribution >= 4 is 5.97 Å². The van der Waals surface area contributed by atoms with E-state index >= 15 is 0 Å². The highest BCUT2D eigenvalue weighted by Gasteiger charge is 2.12. The summed E-state index contributed by atoms with van der Waals surface area (Å²) >= 11 is 0. The summed E-state index contributed by atoms with van der Waals surface area (Å²) in [5.41, 5.74) is 4.77. The second-order valence-electron chi connectivity index (χ2n) is 4.16. The molecule has 17 heavy (non-hydrogen) atoms. The number of nitrogens with zero attached hydrogens (tertiary/aromatic N) is 1. The van der Waals surface area contributed by atoms with Crippen molar-refractivity contribution in [2.45, 2.75) is 20.3 Å². The van der Waals surface area contributed by atoms with Gasteiger partial charge in [-0.3, -0.25) is 9.89 Å². The monoisotopic (exact) mass is 230 g/mol. The number of carboxylic acids is 1. The van der Waals surface area contributed by atoms with Crippen LogP contribution in [0.4, 0.5) is 0 Å². The number of aliphatic carboxylic acids is 1. The van der Waals surface area contributed by atoms with Crippen LogP contribution in [0.3, 0.4) is 0 Å². The Balaban J connectivity index is 2.49. The van der Waals surface area contributed by atoms with Crippen LogP contribution >= 0.6 is 0 Å². The van der Waals surface area contributed by atoms with Crippen molar-refractivity contribution in [2.75, 3.05) is 0 Å². The van der Waals surface area contributed by atoms with E-state index in [9.17, 15) is 4.79 Å². The van der Waals surface area contributed by atoms with Gasteiger partial charge in [-0.15, -0.1) is 0 Å². The van der Waals surface area contributed by atoms with Gasteiger partial charge in [0, 0.05) is 11.1 Å². The van der Waals surface area contributed by atoms with Crippen molar-refractivity contribution in [1.82, 2.24) is 10.2 Å². The number of aromatic amines is 1. The largest absolute Gasteiger partial charge is 0.481 e. The molecular formula is C13H14N2O2. The molecule has 1 aromatic heterocycles. The molecule has 4 heteroatoms. The number of carbonyl (C=O) groups is 1. The van der Waals surface area contributed by atoms with Gasteiger partial charge in [0.2, 0.25) is 0 Å². The van der Waals surface area contributed by atoms with Crippen LogP contribution in [-0.4, -0.2) is 21.3 Å². The molecule has 0 radical (unpaired) electrons. The van der Waals surface area contributed by atoms with Crippen LogP contribution < -0.4 is 0 Å². The van der Waals surface area contributed by atoms with Crippen LogP contribution in [-0.2, 0) is 11.2 Å². The van der Waals surface area contributed by atoms with Gasteiger partial charge in [0.1, 0.15) is 0 Å². The van der Waals surface area contributed by atoms with Crippen LogP contribution in [0.2, 0.25) is 0 Å². The summed E-state index contributed by atoms with van der Waals surface area (Å²) in [6.45, 7) is 4.01. The predicted octanol–water partition coefficient (Wildman–Crippen LogP) is 2.32. The van der Waals surface area contributed by atoms with E-state index in [4.69, 9.17) is 5.11 Å². The molecule has 0 saturated carbocycles. The Morgan fingerprint density at radius 3 is 2.88 bits per heavy atom. The molecule has 1 aromatic carbocycles. The molecule has 0 amide bonds. The van der Waals surface area contributed by atoms with E-state index in [1.807, 2.05) is 32.0 Å². The molecule has 0 spiro atoms. The number of aromatic nitrogens is 2. The Morgan fingerprint density at radius 1 is 1.41 bits per heavy atom. The SMILES string of the molecule is Cc1ccc(C)c(-c2[nH]ncc2CC(=O)O)c1. The zero-order valence-electron chi connectivity index (χ0n) is 9.82. The second kappa shape index (κ2) is 4.41. The molecular weight excluding hydrogens is 216 g/mol. The smallest absolute Gasteiger partial charge is 0.307 e. The molecule has 2 rings (SSSR count). The topological polar surface area (TPSA) is 66.0 Å². The maximum atomic E-state index is 10.8. The first kappa shape index (κ1) is 11.4. The molecule has 0 atom stereocenters. The molecule has 88 valence electrons. The van der Waals surface area contributed by atoms with Gasteiger partial charge in [-0.1, -0.05) is 17.7 Å². The highest BCUT2D eigenvalue weighted by Crippen LogP contribution is 2.26. The average molecular weight is 230 g/mol. The summed E-state index contributed by atoms with van der Waals surface area (Å²) < 4.78 is 0. The van der Waals surface area contributed by atoms with Gasteiger partial charge >= 0.3 is 5.97 Å². The Kier molecular flexibility index (Phi) is 2.95. The summed E-state index contributed by atoms with van der Waals surface area (Å²) in [5.74, 6) is -0.849. The minimum atomic E-state index is -0.849. The molecule has 0 bridgehead atoms. The fraction of sp³-hybridized carbons (Fsp3) is 0.231. The number of hydrogen-bond donors (Lipinski definition) is 2. The van der Waals surface area contributed by atoms with Crippen molar-refractivity contribution in [3.8, 4) is 11.3 Å². The van der Waals surface area contributed by atoms with Crippen molar-refractivity contribution in [2.24, 2.45) is 0 Å². The summed E-state index contributed by atoms with van der Waals surface area (Å²) in [4.78, 5) is 10.8. The molecule has 0 aliphatic carbocycles. The summed E-state index contributed by atoms with van der Waals surface area (Å²) in [6.07, 6.45) is 1.56. The fourth-order valence-electron chi connectivity index (χ4n) is 1.85. The van der Waals surface area contributed by atoms with Crippen LogP contribution in [0.15, 0.2) is 24.4 Å². The Bertz CT molecular complexity index is 558. The Labute approximate surface area is 99.3 Å².